The summed E-state index contributed by atoms with van der Waals surface area (Å²) in [5, 5.41) is 1.75. The lowest BCUT2D eigenvalue weighted by Crippen LogP contribution is -2.48. The molecule has 17 heavy (non-hydrogen) atoms. The predicted octanol–water partition coefficient (Wildman–Crippen LogP) is 4.72. The molecule has 1 heteroatoms. The van der Waals surface area contributed by atoms with Crippen LogP contribution in [-0.2, 0) is 0 Å². The highest BCUT2D eigenvalue weighted by molar-refractivity contribution is 6.92. The Morgan fingerprint density at radius 1 is 0.941 bits per heavy atom. The SMILES string of the molecule is CCCCC[Si]1(c2ccccc2)CCCCC1. The molecule has 1 fully saturated rings. The van der Waals surface area contributed by atoms with Crippen LogP contribution in [0.15, 0.2) is 30.3 Å². The second-order valence-corrected chi connectivity index (χ2v) is 10.3. The number of rotatable bonds is 5. The van der Waals surface area contributed by atoms with Crippen LogP contribution < -0.4 is 5.19 Å². The highest BCUT2D eigenvalue weighted by atomic mass is 28.3. The van der Waals surface area contributed by atoms with Gasteiger partial charge in [0.1, 0.15) is 0 Å². The molecule has 94 valence electrons. The fraction of sp³-hybridized carbons (Fsp3) is 0.625. The van der Waals surface area contributed by atoms with Crippen LogP contribution in [0.5, 0.6) is 0 Å². The van der Waals surface area contributed by atoms with Gasteiger partial charge in [0.15, 0.2) is 0 Å². The summed E-state index contributed by atoms with van der Waals surface area (Å²) in [6.07, 6.45) is 8.73. The summed E-state index contributed by atoms with van der Waals surface area (Å²) in [7, 11) is -1.10. The molecule has 0 radical (unpaired) electrons. The molecule has 0 N–H and O–H groups in total. The molecule has 0 unspecified atom stereocenters. The summed E-state index contributed by atoms with van der Waals surface area (Å²) >= 11 is 0. The molecule has 0 nitrogen and oxygen atoms in total. The molecule has 2 rings (SSSR count). The average Bonchev–Trinajstić information content (AvgIpc) is 2.41. The average molecular weight is 246 g/mol. The van der Waals surface area contributed by atoms with Crippen molar-refractivity contribution in [1.29, 1.82) is 0 Å². The maximum absolute atomic E-state index is 2.42. The molecule has 0 aromatic heterocycles. The van der Waals surface area contributed by atoms with Gasteiger partial charge in [-0.1, -0.05) is 99.1 Å². The van der Waals surface area contributed by atoms with Crippen LogP contribution >= 0.6 is 0 Å². The van der Waals surface area contributed by atoms with E-state index in [1.807, 2.05) is 0 Å². The van der Waals surface area contributed by atoms with E-state index in [0.29, 0.717) is 0 Å². The second kappa shape index (κ2) is 6.39. The Balaban J connectivity index is 2.11. The zero-order valence-electron chi connectivity index (χ0n) is 11.3. The standard InChI is InChI=1S/C16H26Si/c1-2-3-8-13-17(14-9-5-10-15-17)16-11-6-4-7-12-16/h4,6-7,11-12H,2-3,5,8-10,13-15H2,1H3. The second-order valence-electron chi connectivity index (χ2n) is 5.66. The van der Waals surface area contributed by atoms with Gasteiger partial charge in [-0.05, 0) is 0 Å². The van der Waals surface area contributed by atoms with Crippen LogP contribution in [0, 0.1) is 0 Å². The Hall–Kier alpha value is -0.563. The third kappa shape index (κ3) is 3.22. The van der Waals surface area contributed by atoms with Gasteiger partial charge < -0.3 is 0 Å². The molecule has 0 spiro atoms. The Labute approximate surface area is 107 Å². The van der Waals surface area contributed by atoms with Gasteiger partial charge in [0.2, 0.25) is 0 Å². The first kappa shape index (κ1) is 12.9. The van der Waals surface area contributed by atoms with Crippen LogP contribution in [0.4, 0.5) is 0 Å². The Morgan fingerprint density at radius 3 is 2.29 bits per heavy atom. The van der Waals surface area contributed by atoms with Crippen LogP contribution in [0.3, 0.4) is 0 Å². The van der Waals surface area contributed by atoms with E-state index >= 15 is 0 Å². The molecule has 1 aromatic rings. The van der Waals surface area contributed by atoms with Gasteiger partial charge in [-0.3, -0.25) is 0 Å². The van der Waals surface area contributed by atoms with Crippen molar-refractivity contribution >= 4 is 13.3 Å². The minimum Gasteiger partial charge on any atom is -0.0654 e. The summed E-state index contributed by atoms with van der Waals surface area (Å²) < 4.78 is 0. The van der Waals surface area contributed by atoms with Gasteiger partial charge in [-0.2, -0.15) is 0 Å². The summed E-state index contributed by atoms with van der Waals surface area (Å²) in [4.78, 5) is 0. The van der Waals surface area contributed by atoms with E-state index in [4.69, 9.17) is 0 Å². The molecule has 0 aliphatic carbocycles. The van der Waals surface area contributed by atoms with Gasteiger partial charge in [-0.25, -0.2) is 0 Å². The zero-order chi connectivity index (χ0) is 12.0. The van der Waals surface area contributed by atoms with Crippen LogP contribution in [0.25, 0.3) is 0 Å². The van der Waals surface area contributed by atoms with E-state index in [1.54, 1.807) is 23.3 Å². The zero-order valence-corrected chi connectivity index (χ0v) is 12.3. The van der Waals surface area contributed by atoms with E-state index in [-0.39, 0.29) is 0 Å². The molecule has 0 atom stereocenters. The van der Waals surface area contributed by atoms with E-state index < -0.39 is 8.07 Å². The maximum atomic E-state index is 2.42. The molecular weight excluding hydrogens is 220 g/mol. The summed E-state index contributed by atoms with van der Waals surface area (Å²) in [5.74, 6) is 0. The molecular formula is C16H26Si. The van der Waals surface area contributed by atoms with Crippen molar-refractivity contribution in [2.24, 2.45) is 0 Å². The summed E-state index contributed by atoms with van der Waals surface area (Å²) in [5.41, 5.74) is 0. The topological polar surface area (TPSA) is 0 Å². The third-order valence-electron chi connectivity index (χ3n) is 4.46. The normalized spacial score (nSPS) is 19.1. The van der Waals surface area contributed by atoms with E-state index in [0.717, 1.165) is 0 Å². The fourth-order valence-electron chi connectivity index (χ4n) is 3.42. The van der Waals surface area contributed by atoms with Crippen molar-refractivity contribution in [3.8, 4) is 0 Å². The van der Waals surface area contributed by atoms with Crippen LogP contribution in [0.2, 0.25) is 18.1 Å². The number of hydrogen-bond donors (Lipinski definition) is 0. The molecule has 1 heterocycles. The summed E-state index contributed by atoms with van der Waals surface area (Å²) in [6.45, 7) is 2.32. The molecule has 1 aliphatic rings. The Kier molecular flexibility index (Phi) is 4.84. The highest BCUT2D eigenvalue weighted by Crippen LogP contribution is 2.33. The first-order valence-electron chi connectivity index (χ1n) is 7.43. The molecule has 1 aliphatic heterocycles. The minimum absolute atomic E-state index is 1.10. The highest BCUT2D eigenvalue weighted by Gasteiger charge is 2.35. The van der Waals surface area contributed by atoms with Crippen LogP contribution in [0.1, 0.15) is 45.4 Å². The van der Waals surface area contributed by atoms with Crippen molar-refractivity contribution in [3.63, 3.8) is 0 Å². The van der Waals surface area contributed by atoms with E-state index in [2.05, 4.69) is 37.3 Å². The number of benzene rings is 1. The number of unbranched alkanes of at least 4 members (excludes halogenated alkanes) is 2. The first-order chi connectivity index (χ1) is 8.37. The molecule has 1 aromatic carbocycles. The monoisotopic (exact) mass is 246 g/mol. The van der Waals surface area contributed by atoms with Gasteiger partial charge in [0, 0.05) is 0 Å². The lowest BCUT2D eigenvalue weighted by Gasteiger charge is -2.36. The molecule has 0 amide bonds. The van der Waals surface area contributed by atoms with Crippen molar-refractivity contribution in [2.75, 3.05) is 0 Å². The van der Waals surface area contributed by atoms with Crippen molar-refractivity contribution < 1.29 is 0 Å². The van der Waals surface area contributed by atoms with Gasteiger partial charge in [0.05, 0.1) is 8.07 Å². The van der Waals surface area contributed by atoms with E-state index in [1.165, 1.54) is 38.5 Å². The predicted molar refractivity (Wildman–Crippen MR) is 79.6 cm³/mol. The van der Waals surface area contributed by atoms with Gasteiger partial charge in [-0.15, -0.1) is 0 Å². The van der Waals surface area contributed by atoms with Crippen LogP contribution in [-0.4, -0.2) is 8.07 Å². The van der Waals surface area contributed by atoms with Gasteiger partial charge >= 0.3 is 0 Å². The number of hydrogen-bond acceptors (Lipinski definition) is 0. The Bertz CT molecular complexity index is 312. The van der Waals surface area contributed by atoms with Crippen molar-refractivity contribution in [3.05, 3.63) is 30.3 Å². The molecule has 0 bridgehead atoms. The Morgan fingerprint density at radius 2 is 1.65 bits per heavy atom. The smallest absolute Gasteiger partial charge is 0.0654 e. The third-order valence-corrected chi connectivity index (χ3v) is 9.95. The minimum atomic E-state index is -1.10. The maximum Gasteiger partial charge on any atom is 0.0867 e. The lowest BCUT2D eigenvalue weighted by atomic mass is 10.3. The van der Waals surface area contributed by atoms with Crippen molar-refractivity contribution in [1.82, 2.24) is 0 Å². The first-order valence-corrected chi connectivity index (χ1v) is 10.0. The fourth-order valence-corrected chi connectivity index (χ4v) is 8.71. The lowest BCUT2D eigenvalue weighted by molar-refractivity contribution is 0.694. The molecule has 0 saturated carbocycles. The quantitative estimate of drug-likeness (QED) is 0.521. The largest absolute Gasteiger partial charge is 0.0867 e. The molecule has 1 saturated heterocycles. The van der Waals surface area contributed by atoms with Crippen molar-refractivity contribution in [2.45, 2.75) is 63.6 Å². The van der Waals surface area contributed by atoms with Gasteiger partial charge in [0.25, 0.3) is 0 Å². The summed E-state index contributed by atoms with van der Waals surface area (Å²) in [6, 6.07) is 16.2. The van der Waals surface area contributed by atoms with E-state index in [9.17, 15) is 0 Å².